The van der Waals surface area contributed by atoms with Crippen LogP contribution < -0.4 is 4.74 Å². The maximum Gasteiger partial charge on any atom is 0.236 e. The van der Waals surface area contributed by atoms with Gasteiger partial charge in [0.2, 0.25) is 5.88 Å². The fourth-order valence-electron chi connectivity index (χ4n) is 0.977. The van der Waals surface area contributed by atoms with Crippen LogP contribution in [0.15, 0.2) is 47.3 Å². The molecule has 0 aliphatic carbocycles. The van der Waals surface area contributed by atoms with Crippen molar-refractivity contribution in [3.63, 3.8) is 0 Å². The van der Waals surface area contributed by atoms with Crippen LogP contribution in [0.1, 0.15) is 0 Å². The number of nitrogens with zero attached hydrogens (tertiary/aromatic N) is 2. The van der Waals surface area contributed by atoms with Crippen molar-refractivity contribution in [1.82, 2.24) is 9.97 Å². The third kappa shape index (κ3) is 2.09. The van der Waals surface area contributed by atoms with E-state index in [9.17, 15) is 0 Å². The monoisotopic (exact) mass is 250 g/mol. The summed E-state index contributed by atoms with van der Waals surface area (Å²) in [4.78, 5) is 7.84. The highest BCUT2D eigenvalue weighted by Gasteiger charge is 2.02. The highest BCUT2D eigenvalue weighted by Crippen LogP contribution is 2.25. The molecule has 0 bridgehead atoms. The smallest absolute Gasteiger partial charge is 0.236 e. The zero-order chi connectivity index (χ0) is 9.80. The van der Waals surface area contributed by atoms with Gasteiger partial charge >= 0.3 is 0 Å². The molecule has 0 aliphatic rings. The van der Waals surface area contributed by atoms with Crippen molar-refractivity contribution >= 4 is 15.9 Å². The van der Waals surface area contributed by atoms with Crippen LogP contribution in [0.25, 0.3) is 0 Å². The van der Waals surface area contributed by atoms with Gasteiger partial charge in [-0.1, -0.05) is 18.2 Å². The number of halogens is 1. The van der Waals surface area contributed by atoms with Gasteiger partial charge in [0.25, 0.3) is 0 Å². The fourth-order valence-corrected chi connectivity index (χ4v) is 1.28. The van der Waals surface area contributed by atoms with Gasteiger partial charge in [-0.3, -0.25) is 0 Å². The molecule has 70 valence electrons. The molecule has 0 amide bonds. The van der Waals surface area contributed by atoms with Gasteiger partial charge < -0.3 is 4.74 Å². The Bertz CT molecular complexity index is 419. The molecular weight excluding hydrogens is 244 g/mol. The van der Waals surface area contributed by atoms with Gasteiger partial charge in [-0.2, -0.15) is 0 Å². The zero-order valence-corrected chi connectivity index (χ0v) is 8.81. The first-order valence-electron chi connectivity index (χ1n) is 4.04. The molecule has 0 spiro atoms. The summed E-state index contributed by atoms with van der Waals surface area (Å²) in [7, 11) is 0. The molecule has 1 aromatic carbocycles. The number of aromatic nitrogens is 2. The third-order valence-electron chi connectivity index (χ3n) is 1.59. The Morgan fingerprint density at radius 3 is 2.64 bits per heavy atom. The van der Waals surface area contributed by atoms with Gasteiger partial charge in [-0.25, -0.2) is 9.97 Å². The Morgan fingerprint density at radius 2 is 1.93 bits per heavy atom. The van der Waals surface area contributed by atoms with Gasteiger partial charge in [-0.05, 0) is 28.1 Å². The lowest BCUT2D eigenvalue weighted by Crippen LogP contribution is -1.89. The fraction of sp³-hybridized carbons (Fsp3) is 0. The minimum Gasteiger partial charge on any atom is -0.438 e. The lowest BCUT2D eigenvalue weighted by atomic mass is 10.3. The second-order valence-electron chi connectivity index (χ2n) is 2.59. The predicted octanol–water partition coefficient (Wildman–Crippen LogP) is 3.03. The first kappa shape index (κ1) is 9.15. The molecule has 0 saturated heterocycles. The maximum absolute atomic E-state index is 5.51. The van der Waals surface area contributed by atoms with Crippen LogP contribution in [-0.2, 0) is 0 Å². The molecule has 14 heavy (non-hydrogen) atoms. The molecule has 0 N–H and O–H groups in total. The number of para-hydroxylation sites is 1. The second-order valence-corrected chi connectivity index (χ2v) is 3.45. The number of hydrogen-bond donors (Lipinski definition) is 0. The van der Waals surface area contributed by atoms with Gasteiger partial charge in [0.05, 0.1) is 4.47 Å². The lowest BCUT2D eigenvalue weighted by molar-refractivity contribution is 0.458. The van der Waals surface area contributed by atoms with E-state index in [0.29, 0.717) is 5.88 Å². The van der Waals surface area contributed by atoms with E-state index >= 15 is 0 Å². The number of hydrogen-bond acceptors (Lipinski definition) is 3. The van der Waals surface area contributed by atoms with Crippen LogP contribution in [0.4, 0.5) is 0 Å². The van der Waals surface area contributed by atoms with Crippen molar-refractivity contribution in [1.29, 1.82) is 0 Å². The largest absolute Gasteiger partial charge is 0.438 e. The normalized spacial score (nSPS) is 9.79. The summed E-state index contributed by atoms with van der Waals surface area (Å²) < 4.78 is 6.25. The standard InChI is InChI=1S/C10H7BrN2O/c11-9-6-12-7-13-10(9)14-8-4-2-1-3-5-8/h1-7H. The van der Waals surface area contributed by atoms with Gasteiger partial charge in [0.15, 0.2) is 0 Å². The number of benzene rings is 1. The van der Waals surface area contributed by atoms with E-state index in [-0.39, 0.29) is 0 Å². The van der Waals surface area contributed by atoms with E-state index in [2.05, 4.69) is 25.9 Å². The van der Waals surface area contributed by atoms with Crippen molar-refractivity contribution in [2.24, 2.45) is 0 Å². The molecule has 0 atom stereocenters. The van der Waals surface area contributed by atoms with E-state index in [0.717, 1.165) is 10.2 Å². The first-order chi connectivity index (χ1) is 6.86. The van der Waals surface area contributed by atoms with Crippen LogP contribution in [0.3, 0.4) is 0 Å². The van der Waals surface area contributed by atoms with Crippen LogP contribution >= 0.6 is 15.9 Å². The minimum absolute atomic E-state index is 0.520. The summed E-state index contributed by atoms with van der Waals surface area (Å²) in [6, 6.07) is 9.49. The maximum atomic E-state index is 5.51. The second kappa shape index (κ2) is 4.19. The minimum atomic E-state index is 0.520. The van der Waals surface area contributed by atoms with Crippen molar-refractivity contribution in [3.05, 3.63) is 47.3 Å². The Morgan fingerprint density at radius 1 is 1.14 bits per heavy atom. The molecule has 1 heterocycles. The summed E-state index contributed by atoms with van der Waals surface area (Å²) in [6.07, 6.45) is 3.09. The average Bonchev–Trinajstić information content (AvgIpc) is 2.23. The summed E-state index contributed by atoms with van der Waals surface area (Å²) in [6.45, 7) is 0. The van der Waals surface area contributed by atoms with E-state index < -0.39 is 0 Å². The molecule has 1 aromatic heterocycles. The van der Waals surface area contributed by atoms with E-state index in [1.54, 1.807) is 6.20 Å². The molecule has 2 aromatic rings. The molecule has 4 heteroatoms. The van der Waals surface area contributed by atoms with Crippen molar-refractivity contribution in [3.8, 4) is 11.6 Å². The van der Waals surface area contributed by atoms with E-state index in [1.165, 1.54) is 6.33 Å². The Balaban J connectivity index is 2.24. The van der Waals surface area contributed by atoms with Crippen LogP contribution in [0.2, 0.25) is 0 Å². The molecular formula is C10H7BrN2O. The van der Waals surface area contributed by atoms with Crippen LogP contribution in [0.5, 0.6) is 11.6 Å². The van der Waals surface area contributed by atoms with Gasteiger partial charge in [0.1, 0.15) is 12.1 Å². The van der Waals surface area contributed by atoms with E-state index in [4.69, 9.17) is 4.74 Å². The quantitative estimate of drug-likeness (QED) is 0.822. The van der Waals surface area contributed by atoms with Crippen molar-refractivity contribution in [2.45, 2.75) is 0 Å². The van der Waals surface area contributed by atoms with E-state index in [1.807, 2.05) is 30.3 Å². The molecule has 0 saturated carbocycles. The van der Waals surface area contributed by atoms with Crippen LogP contribution in [-0.4, -0.2) is 9.97 Å². The Hall–Kier alpha value is -1.42. The zero-order valence-electron chi connectivity index (χ0n) is 7.22. The molecule has 2 rings (SSSR count). The predicted molar refractivity (Wildman–Crippen MR) is 56.2 cm³/mol. The van der Waals surface area contributed by atoms with Crippen molar-refractivity contribution < 1.29 is 4.74 Å². The van der Waals surface area contributed by atoms with Gasteiger partial charge in [0, 0.05) is 6.20 Å². The van der Waals surface area contributed by atoms with Crippen molar-refractivity contribution in [2.75, 3.05) is 0 Å². The summed E-state index contributed by atoms with van der Waals surface area (Å²) >= 11 is 3.30. The highest BCUT2D eigenvalue weighted by molar-refractivity contribution is 9.10. The number of ether oxygens (including phenoxy) is 1. The molecule has 0 unspecified atom stereocenters. The SMILES string of the molecule is Brc1cncnc1Oc1ccccc1. The van der Waals surface area contributed by atoms with Gasteiger partial charge in [-0.15, -0.1) is 0 Å². The summed E-state index contributed by atoms with van der Waals surface area (Å²) in [5.74, 6) is 1.28. The topological polar surface area (TPSA) is 35.0 Å². The number of rotatable bonds is 2. The van der Waals surface area contributed by atoms with Crippen LogP contribution in [0, 0.1) is 0 Å². The summed E-state index contributed by atoms with van der Waals surface area (Å²) in [5, 5.41) is 0. The Kier molecular flexibility index (Phi) is 2.74. The summed E-state index contributed by atoms with van der Waals surface area (Å²) in [5.41, 5.74) is 0. The third-order valence-corrected chi connectivity index (χ3v) is 2.14. The lowest BCUT2D eigenvalue weighted by Gasteiger charge is -2.04. The molecule has 3 nitrogen and oxygen atoms in total. The average molecular weight is 251 g/mol. The first-order valence-corrected chi connectivity index (χ1v) is 4.84. The molecule has 0 aliphatic heterocycles. The Labute approximate surface area is 89.9 Å². The molecule has 0 fully saturated rings. The highest BCUT2D eigenvalue weighted by atomic mass is 79.9. The molecule has 0 radical (unpaired) electrons.